The summed E-state index contributed by atoms with van der Waals surface area (Å²) in [6.07, 6.45) is 0.786. The summed E-state index contributed by atoms with van der Waals surface area (Å²) in [4.78, 5) is 10.2. The van der Waals surface area contributed by atoms with Gasteiger partial charge in [0.15, 0.2) is 0 Å². The number of carboxylic acid groups (broad SMARTS) is 1. The molecule has 1 aliphatic carbocycles. The number of aliphatic carboxylic acids is 1. The van der Waals surface area contributed by atoms with E-state index < -0.39 is 11.7 Å². The van der Waals surface area contributed by atoms with Crippen LogP contribution in [0, 0.1) is 5.92 Å². The topological polar surface area (TPSA) is 37.3 Å². The van der Waals surface area contributed by atoms with Crippen molar-refractivity contribution in [3.8, 4) is 0 Å². The predicted molar refractivity (Wildman–Crippen MR) is 37.7 cm³/mol. The van der Waals surface area contributed by atoms with E-state index in [4.69, 9.17) is 5.11 Å². The van der Waals surface area contributed by atoms with E-state index in [-0.39, 0.29) is 11.2 Å². The number of carboxylic acids is 1. The summed E-state index contributed by atoms with van der Waals surface area (Å²) < 4.78 is 23.3. The third-order valence-corrected chi connectivity index (χ3v) is 2.71. The molecule has 64 valence electrons. The van der Waals surface area contributed by atoms with Crippen LogP contribution in [0.3, 0.4) is 0 Å². The van der Waals surface area contributed by atoms with Crippen LogP contribution in [0.1, 0.15) is 12.8 Å². The standard InChI is InChI=1S/C6H8F2O2S/c7-6(8)11-4-1-3(2-4)5(9)10/h3-4,6H,1-2H2,(H,9,10). The van der Waals surface area contributed by atoms with Crippen molar-refractivity contribution in [2.24, 2.45) is 5.92 Å². The first-order valence-corrected chi connectivity index (χ1v) is 4.20. The second-order valence-corrected chi connectivity index (χ2v) is 3.82. The molecule has 0 saturated heterocycles. The van der Waals surface area contributed by atoms with E-state index in [1.54, 1.807) is 0 Å². The highest BCUT2D eigenvalue weighted by Crippen LogP contribution is 2.39. The molecule has 0 heterocycles. The SMILES string of the molecule is O=C(O)C1CC(SC(F)F)C1. The molecule has 0 aliphatic heterocycles. The highest BCUT2D eigenvalue weighted by atomic mass is 32.2. The van der Waals surface area contributed by atoms with E-state index in [9.17, 15) is 13.6 Å². The van der Waals surface area contributed by atoms with Crippen LogP contribution < -0.4 is 0 Å². The minimum Gasteiger partial charge on any atom is -0.481 e. The number of alkyl halides is 2. The van der Waals surface area contributed by atoms with Gasteiger partial charge in [0.1, 0.15) is 0 Å². The van der Waals surface area contributed by atoms with Gasteiger partial charge < -0.3 is 5.11 Å². The molecule has 0 radical (unpaired) electrons. The number of thioether (sulfide) groups is 1. The van der Waals surface area contributed by atoms with Gasteiger partial charge in [0, 0.05) is 5.25 Å². The molecule has 0 amide bonds. The Morgan fingerprint density at radius 2 is 2.09 bits per heavy atom. The fourth-order valence-corrected chi connectivity index (χ4v) is 2.00. The molecular weight excluding hydrogens is 174 g/mol. The molecule has 1 N–H and O–H groups in total. The van der Waals surface area contributed by atoms with Crippen molar-refractivity contribution in [2.75, 3.05) is 0 Å². The van der Waals surface area contributed by atoms with E-state index >= 15 is 0 Å². The molecule has 5 heteroatoms. The van der Waals surface area contributed by atoms with Crippen LogP contribution in [0.4, 0.5) is 8.78 Å². The summed E-state index contributed by atoms with van der Waals surface area (Å²) in [5.74, 6) is -3.61. The molecule has 0 aromatic heterocycles. The van der Waals surface area contributed by atoms with Crippen LogP contribution in [0.2, 0.25) is 0 Å². The summed E-state index contributed by atoms with van der Waals surface area (Å²) in [6.45, 7) is 0. The van der Waals surface area contributed by atoms with E-state index in [1.807, 2.05) is 0 Å². The molecule has 0 spiro atoms. The van der Waals surface area contributed by atoms with Crippen LogP contribution in [-0.4, -0.2) is 22.1 Å². The van der Waals surface area contributed by atoms with Crippen LogP contribution in [0.15, 0.2) is 0 Å². The van der Waals surface area contributed by atoms with Crippen molar-refractivity contribution in [3.05, 3.63) is 0 Å². The van der Waals surface area contributed by atoms with Crippen molar-refractivity contribution in [1.29, 1.82) is 0 Å². The first-order valence-electron chi connectivity index (χ1n) is 3.26. The van der Waals surface area contributed by atoms with Crippen LogP contribution in [0.25, 0.3) is 0 Å². The number of hydrogen-bond donors (Lipinski definition) is 1. The lowest BCUT2D eigenvalue weighted by Gasteiger charge is -2.31. The molecule has 1 aliphatic rings. The molecule has 11 heavy (non-hydrogen) atoms. The quantitative estimate of drug-likeness (QED) is 0.723. The number of rotatable bonds is 3. The number of halogens is 2. The Labute approximate surface area is 67.0 Å². The summed E-state index contributed by atoms with van der Waals surface area (Å²) in [5.41, 5.74) is 0. The Morgan fingerprint density at radius 1 is 1.55 bits per heavy atom. The predicted octanol–water partition coefficient (Wildman–Crippen LogP) is 1.81. The van der Waals surface area contributed by atoms with Gasteiger partial charge in [-0.15, -0.1) is 0 Å². The maximum atomic E-state index is 11.6. The summed E-state index contributed by atoms with van der Waals surface area (Å²) in [6, 6.07) is 0. The highest BCUT2D eigenvalue weighted by molar-refractivity contribution is 8.00. The third-order valence-electron chi connectivity index (χ3n) is 1.74. The molecule has 0 aromatic carbocycles. The van der Waals surface area contributed by atoms with Crippen molar-refractivity contribution in [2.45, 2.75) is 23.8 Å². The lowest BCUT2D eigenvalue weighted by Crippen LogP contribution is -2.32. The van der Waals surface area contributed by atoms with Gasteiger partial charge in [0.05, 0.1) is 5.92 Å². The maximum absolute atomic E-state index is 11.6. The second kappa shape index (κ2) is 3.38. The Hall–Kier alpha value is -0.320. The first-order chi connectivity index (χ1) is 5.09. The van der Waals surface area contributed by atoms with Gasteiger partial charge in [0.2, 0.25) is 0 Å². The monoisotopic (exact) mass is 182 g/mol. The third kappa shape index (κ3) is 2.32. The van der Waals surface area contributed by atoms with Gasteiger partial charge in [-0.05, 0) is 12.8 Å². The van der Waals surface area contributed by atoms with Gasteiger partial charge in [-0.3, -0.25) is 4.79 Å². The van der Waals surface area contributed by atoms with Gasteiger partial charge in [-0.2, -0.15) is 8.78 Å². The van der Waals surface area contributed by atoms with E-state index in [0.29, 0.717) is 24.6 Å². The van der Waals surface area contributed by atoms with Gasteiger partial charge >= 0.3 is 5.97 Å². The fourth-order valence-electron chi connectivity index (χ4n) is 1.02. The molecule has 1 rings (SSSR count). The smallest absolute Gasteiger partial charge is 0.306 e. The average Bonchev–Trinajstić information content (AvgIpc) is 1.75. The number of hydrogen-bond acceptors (Lipinski definition) is 2. The Morgan fingerprint density at radius 3 is 2.45 bits per heavy atom. The molecule has 1 fully saturated rings. The zero-order valence-electron chi connectivity index (χ0n) is 5.67. The van der Waals surface area contributed by atoms with Crippen molar-refractivity contribution >= 4 is 17.7 Å². The van der Waals surface area contributed by atoms with Crippen molar-refractivity contribution in [3.63, 3.8) is 0 Å². The van der Waals surface area contributed by atoms with Gasteiger partial charge in [-0.1, -0.05) is 11.8 Å². The lowest BCUT2D eigenvalue weighted by molar-refractivity contribution is -0.144. The molecular formula is C6H8F2O2S. The van der Waals surface area contributed by atoms with Crippen molar-refractivity contribution in [1.82, 2.24) is 0 Å². The molecule has 0 aromatic rings. The Balaban J connectivity index is 2.14. The second-order valence-electron chi connectivity index (χ2n) is 2.53. The molecule has 0 atom stereocenters. The van der Waals surface area contributed by atoms with Gasteiger partial charge in [0.25, 0.3) is 5.76 Å². The largest absolute Gasteiger partial charge is 0.481 e. The van der Waals surface area contributed by atoms with E-state index in [0.717, 1.165) is 0 Å². The van der Waals surface area contributed by atoms with Crippen LogP contribution >= 0.6 is 11.8 Å². The van der Waals surface area contributed by atoms with Gasteiger partial charge in [-0.25, -0.2) is 0 Å². The molecule has 0 bridgehead atoms. The lowest BCUT2D eigenvalue weighted by atomic mass is 9.85. The first kappa shape index (κ1) is 8.77. The zero-order valence-corrected chi connectivity index (χ0v) is 6.48. The molecule has 0 unspecified atom stereocenters. The molecule has 1 saturated carbocycles. The summed E-state index contributed by atoms with van der Waals surface area (Å²) >= 11 is 0.566. The summed E-state index contributed by atoms with van der Waals surface area (Å²) in [5, 5.41) is 8.25. The minimum absolute atomic E-state index is 0.143. The summed E-state index contributed by atoms with van der Waals surface area (Å²) in [7, 11) is 0. The Kier molecular flexibility index (Phi) is 2.70. The van der Waals surface area contributed by atoms with Crippen LogP contribution in [0.5, 0.6) is 0 Å². The molecule has 2 nitrogen and oxygen atoms in total. The highest BCUT2D eigenvalue weighted by Gasteiger charge is 2.36. The van der Waals surface area contributed by atoms with Crippen molar-refractivity contribution < 1.29 is 18.7 Å². The fraction of sp³-hybridized carbons (Fsp3) is 0.833. The zero-order chi connectivity index (χ0) is 8.43. The van der Waals surface area contributed by atoms with Crippen LogP contribution in [-0.2, 0) is 4.79 Å². The van der Waals surface area contributed by atoms with E-state index in [1.165, 1.54) is 0 Å². The maximum Gasteiger partial charge on any atom is 0.306 e. The Bertz CT molecular complexity index is 157. The minimum atomic E-state index is -2.37. The van der Waals surface area contributed by atoms with E-state index in [2.05, 4.69) is 0 Å². The average molecular weight is 182 g/mol. The normalized spacial score (nSPS) is 30.1. The number of carbonyl (C=O) groups is 1.